The maximum atomic E-state index is 4.93. The van der Waals surface area contributed by atoms with Crippen LogP contribution in [0.15, 0.2) is 145 Å². The molecule has 5 aromatic carbocycles. The van der Waals surface area contributed by atoms with Crippen molar-refractivity contribution >= 4 is 62.0 Å². The summed E-state index contributed by atoms with van der Waals surface area (Å²) in [6, 6.07) is 37.1. The molecule has 2 aromatic heterocycles. The van der Waals surface area contributed by atoms with Crippen molar-refractivity contribution in [2.45, 2.75) is 33.2 Å². The SMILES string of the molecule is C=C/C=C(\C=C/C)n1c2ccccc2c2ccc(-n3c(/C=C\C)c(C)c4cc5ccccc5c(C(C)(N=C)c5ccccc5)c43)cc21. The summed E-state index contributed by atoms with van der Waals surface area (Å²) in [4.78, 5) is 4.93. The van der Waals surface area contributed by atoms with E-state index in [4.69, 9.17) is 4.99 Å². The first-order valence-corrected chi connectivity index (χ1v) is 16.2. The molecule has 0 fully saturated rings. The molecule has 1 unspecified atom stereocenters. The van der Waals surface area contributed by atoms with Gasteiger partial charge in [0.15, 0.2) is 0 Å². The molecule has 47 heavy (non-hydrogen) atoms. The van der Waals surface area contributed by atoms with Crippen molar-refractivity contribution in [1.82, 2.24) is 9.13 Å². The highest BCUT2D eigenvalue weighted by molar-refractivity contribution is 6.11. The molecule has 0 saturated heterocycles. The molecular weight excluding hydrogens is 571 g/mol. The lowest BCUT2D eigenvalue weighted by molar-refractivity contribution is 0.621. The average Bonchev–Trinajstić information content (AvgIpc) is 3.58. The summed E-state index contributed by atoms with van der Waals surface area (Å²) in [6.07, 6.45) is 12.5. The van der Waals surface area contributed by atoms with Crippen molar-refractivity contribution in [2.75, 3.05) is 0 Å². The zero-order chi connectivity index (χ0) is 32.7. The van der Waals surface area contributed by atoms with E-state index in [0.29, 0.717) is 0 Å². The highest BCUT2D eigenvalue weighted by Gasteiger charge is 2.34. The summed E-state index contributed by atoms with van der Waals surface area (Å²) in [5.74, 6) is 0. The fourth-order valence-electron chi connectivity index (χ4n) is 7.35. The minimum atomic E-state index is -0.707. The van der Waals surface area contributed by atoms with E-state index in [1.165, 1.54) is 32.5 Å². The van der Waals surface area contributed by atoms with Crippen LogP contribution in [-0.4, -0.2) is 15.9 Å². The van der Waals surface area contributed by atoms with Gasteiger partial charge in [0.25, 0.3) is 0 Å². The summed E-state index contributed by atoms with van der Waals surface area (Å²) >= 11 is 0. The third kappa shape index (κ3) is 4.61. The van der Waals surface area contributed by atoms with Crippen molar-refractivity contribution in [1.29, 1.82) is 0 Å². The Morgan fingerprint density at radius 3 is 2.19 bits per heavy atom. The van der Waals surface area contributed by atoms with Gasteiger partial charge in [-0.25, -0.2) is 0 Å². The van der Waals surface area contributed by atoms with E-state index in [1.54, 1.807) is 0 Å². The van der Waals surface area contributed by atoms with Crippen LogP contribution in [0.25, 0.3) is 60.9 Å². The van der Waals surface area contributed by atoms with E-state index in [-0.39, 0.29) is 0 Å². The fraction of sp³-hybridized carbons (Fsp3) is 0.114. The Hall–Kier alpha value is -5.67. The lowest BCUT2D eigenvalue weighted by Crippen LogP contribution is -2.22. The quantitative estimate of drug-likeness (QED) is 0.121. The molecule has 0 amide bonds. The largest absolute Gasteiger partial charge is 0.309 e. The van der Waals surface area contributed by atoms with Crippen LogP contribution in [0.5, 0.6) is 0 Å². The maximum absolute atomic E-state index is 4.93. The second-order valence-corrected chi connectivity index (χ2v) is 12.2. The normalized spacial score (nSPS) is 13.8. The molecule has 2 heterocycles. The molecule has 0 aliphatic rings. The van der Waals surface area contributed by atoms with Gasteiger partial charge in [0.2, 0.25) is 0 Å². The number of fused-ring (bicyclic) bond motifs is 5. The zero-order valence-electron chi connectivity index (χ0n) is 27.5. The van der Waals surface area contributed by atoms with E-state index in [0.717, 1.165) is 44.8 Å². The third-order valence-electron chi connectivity index (χ3n) is 9.54. The topological polar surface area (TPSA) is 22.2 Å². The molecule has 0 N–H and O–H groups in total. The van der Waals surface area contributed by atoms with Crippen molar-refractivity contribution in [3.05, 3.63) is 162 Å². The van der Waals surface area contributed by atoms with Gasteiger partial charge in [-0.2, -0.15) is 0 Å². The molecule has 7 aromatic rings. The standard InChI is InChI=1S/C44H39N3/c1-7-17-33(18-8-2)46-40-25-16-15-24-36(40)37-27-26-34(29-41(37)46)47-39(19-9-3)30(4)38-28-31-20-13-14-23-35(31)42(43(38)47)44(5,45-6)32-21-11-10-12-22-32/h7-29H,1,6H2,2-5H3/b18-8-,19-9-,33-17+. The van der Waals surface area contributed by atoms with Crippen molar-refractivity contribution in [2.24, 2.45) is 4.99 Å². The lowest BCUT2D eigenvalue weighted by atomic mass is 9.81. The van der Waals surface area contributed by atoms with Crippen LogP contribution in [0.2, 0.25) is 0 Å². The van der Waals surface area contributed by atoms with Gasteiger partial charge in [-0.3, -0.25) is 4.99 Å². The molecule has 3 heteroatoms. The minimum absolute atomic E-state index is 0.707. The summed E-state index contributed by atoms with van der Waals surface area (Å²) < 4.78 is 4.78. The van der Waals surface area contributed by atoms with Crippen LogP contribution in [0.3, 0.4) is 0 Å². The van der Waals surface area contributed by atoms with Crippen LogP contribution in [-0.2, 0) is 5.54 Å². The average molecular weight is 610 g/mol. The first-order chi connectivity index (χ1) is 23.0. The van der Waals surface area contributed by atoms with Gasteiger partial charge in [-0.15, -0.1) is 0 Å². The molecule has 0 spiro atoms. The highest BCUT2D eigenvalue weighted by atomic mass is 15.0. The summed E-state index contributed by atoms with van der Waals surface area (Å²) in [6.45, 7) is 16.8. The molecule has 7 rings (SSSR count). The van der Waals surface area contributed by atoms with E-state index in [2.05, 4.69) is 184 Å². The number of benzene rings is 5. The third-order valence-corrected chi connectivity index (χ3v) is 9.54. The molecule has 0 radical (unpaired) electrons. The predicted octanol–water partition coefficient (Wildman–Crippen LogP) is 11.8. The Morgan fingerprint density at radius 1 is 0.766 bits per heavy atom. The van der Waals surface area contributed by atoms with Crippen molar-refractivity contribution in [3.8, 4) is 5.69 Å². The number of allylic oxidation sites excluding steroid dienone is 6. The van der Waals surface area contributed by atoms with Gasteiger partial charge in [0.05, 0.1) is 16.6 Å². The molecule has 0 aliphatic heterocycles. The number of aryl methyl sites for hydroxylation is 1. The van der Waals surface area contributed by atoms with E-state index in [9.17, 15) is 0 Å². The Balaban J connectivity index is 1.68. The Bertz CT molecular complexity index is 2430. The minimum Gasteiger partial charge on any atom is -0.309 e. The summed E-state index contributed by atoms with van der Waals surface area (Å²) in [7, 11) is 0. The van der Waals surface area contributed by atoms with Crippen molar-refractivity contribution < 1.29 is 0 Å². The van der Waals surface area contributed by atoms with Crippen molar-refractivity contribution in [3.63, 3.8) is 0 Å². The number of hydrogen-bond acceptors (Lipinski definition) is 1. The monoisotopic (exact) mass is 609 g/mol. The van der Waals surface area contributed by atoms with Gasteiger partial charge >= 0.3 is 0 Å². The molecule has 1 atom stereocenters. The zero-order valence-corrected chi connectivity index (χ0v) is 27.5. The smallest absolute Gasteiger partial charge is 0.110 e. The van der Waals surface area contributed by atoms with Crippen LogP contribution in [0, 0.1) is 6.92 Å². The number of rotatable bonds is 8. The van der Waals surface area contributed by atoms with E-state index < -0.39 is 5.54 Å². The van der Waals surface area contributed by atoms with Gasteiger partial charge in [-0.05, 0) is 98.8 Å². The van der Waals surface area contributed by atoms with Crippen LogP contribution in [0.4, 0.5) is 0 Å². The fourth-order valence-corrected chi connectivity index (χ4v) is 7.35. The van der Waals surface area contributed by atoms with Gasteiger partial charge < -0.3 is 9.13 Å². The molecular formula is C44H39N3. The lowest BCUT2D eigenvalue weighted by Gasteiger charge is -2.29. The second kappa shape index (κ2) is 11.9. The van der Waals surface area contributed by atoms with Gasteiger partial charge in [0, 0.05) is 38.8 Å². The number of para-hydroxylation sites is 1. The molecule has 0 saturated carbocycles. The molecule has 0 bridgehead atoms. The predicted molar refractivity (Wildman–Crippen MR) is 205 cm³/mol. The maximum Gasteiger partial charge on any atom is 0.110 e. The summed E-state index contributed by atoms with van der Waals surface area (Å²) in [5, 5.41) is 5.99. The van der Waals surface area contributed by atoms with Gasteiger partial charge in [-0.1, -0.05) is 104 Å². The number of hydrogen-bond donors (Lipinski definition) is 0. The van der Waals surface area contributed by atoms with Crippen LogP contribution >= 0.6 is 0 Å². The van der Waals surface area contributed by atoms with Gasteiger partial charge in [0.1, 0.15) is 5.54 Å². The number of aliphatic imine (C=N–C) groups is 1. The number of nitrogens with zero attached hydrogens (tertiary/aromatic N) is 3. The highest BCUT2D eigenvalue weighted by Crippen LogP contribution is 2.46. The molecule has 0 aliphatic carbocycles. The Labute approximate surface area is 276 Å². The second-order valence-electron chi connectivity index (χ2n) is 12.2. The first kappa shape index (κ1) is 30.0. The van der Waals surface area contributed by atoms with Crippen LogP contribution < -0.4 is 0 Å². The van der Waals surface area contributed by atoms with E-state index >= 15 is 0 Å². The first-order valence-electron chi connectivity index (χ1n) is 16.2. The van der Waals surface area contributed by atoms with Crippen LogP contribution in [0.1, 0.15) is 43.2 Å². The molecule has 3 nitrogen and oxygen atoms in total. The van der Waals surface area contributed by atoms with E-state index in [1.807, 2.05) is 6.08 Å². The molecule has 230 valence electrons. The Morgan fingerprint density at radius 2 is 1.47 bits per heavy atom. The summed E-state index contributed by atoms with van der Waals surface area (Å²) in [5.41, 5.74) is 9.50. The Kier molecular flexibility index (Phi) is 7.61. The number of aromatic nitrogens is 2.